The number of methoxy groups -OCH3 is 2. The third kappa shape index (κ3) is 9.52. The van der Waals surface area contributed by atoms with Crippen molar-refractivity contribution in [1.82, 2.24) is 29.9 Å². The predicted molar refractivity (Wildman–Crippen MR) is 168 cm³/mol. The van der Waals surface area contributed by atoms with E-state index in [2.05, 4.69) is 30.1 Å². The number of esters is 2. The van der Waals surface area contributed by atoms with Gasteiger partial charge in [0, 0.05) is 5.75 Å². The summed E-state index contributed by atoms with van der Waals surface area (Å²) in [5, 5.41) is 27.4. The lowest BCUT2D eigenvalue weighted by Crippen LogP contribution is -2.45. The Bertz CT molecular complexity index is 1470. The van der Waals surface area contributed by atoms with E-state index in [0.29, 0.717) is 22.7 Å². The molecule has 3 rings (SSSR count). The number of imidazole rings is 1. The number of nitrogens with zero attached hydrogens (tertiary/aromatic N) is 4. The molecule has 20 heteroatoms. The Morgan fingerprint density at radius 1 is 1.13 bits per heavy atom. The van der Waals surface area contributed by atoms with Gasteiger partial charge in [0.2, 0.25) is 5.88 Å². The molecule has 0 aliphatic carbocycles. The largest absolute Gasteiger partial charge is 0.479 e. The molecule has 1 amide bonds. The number of nitrogens with one attached hydrogen (secondary N) is 2. The Morgan fingerprint density at radius 2 is 1.77 bits per heavy atom. The van der Waals surface area contributed by atoms with Crippen molar-refractivity contribution < 1.29 is 57.4 Å². The number of amides is 1. The van der Waals surface area contributed by atoms with E-state index in [-0.39, 0.29) is 17.3 Å². The fraction of sp³-hybridized carbons (Fsp3) is 0.704. The highest BCUT2D eigenvalue weighted by atomic mass is 32.7. The highest BCUT2D eigenvalue weighted by molar-refractivity contribution is 8.56. The number of aryl methyl sites for hydroxylation is 1. The molecule has 7 atom stereocenters. The first-order valence-electron chi connectivity index (χ1n) is 14.7. The first-order valence-corrected chi connectivity index (χ1v) is 17.9. The average molecular weight is 707 g/mol. The van der Waals surface area contributed by atoms with Crippen molar-refractivity contribution in [2.24, 2.45) is 0 Å². The van der Waals surface area contributed by atoms with Crippen LogP contribution in [-0.2, 0) is 37.6 Å². The number of rotatable bonds is 15. The van der Waals surface area contributed by atoms with Gasteiger partial charge in [-0.25, -0.2) is 24.6 Å². The summed E-state index contributed by atoms with van der Waals surface area (Å²) in [6, 6.07) is -2.47. The van der Waals surface area contributed by atoms with Gasteiger partial charge < -0.3 is 43.7 Å². The van der Waals surface area contributed by atoms with Crippen LogP contribution in [0.1, 0.15) is 53.6 Å². The summed E-state index contributed by atoms with van der Waals surface area (Å²) in [7, 11) is 2.53. The summed E-state index contributed by atoms with van der Waals surface area (Å²) >= 11 is 0.593. The number of hydrogen-bond acceptors (Lipinski definition) is 16. The standard InChI is InChI=1S/C27H43N6O12PS/c1-13(2)43-23(35)15(5)32-46(39,47-11-17(31-26(37)41-9)24(36)44-14(3)4)42-10-18-20(34)27(7,38)25(45-18)33-12-28-19-21(33)29-16(6)30-22(19)40-8/h12-15,17-18,20,25,34,38H,10-11H2,1-9H3,(H,31,37)(H,32,39)/t15?,17?,18-,20-,25-,27-,46?/m1/s1. The quantitative estimate of drug-likeness (QED) is 0.117. The van der Waals surface area contributed by atoms with E-state index in [0.717, 1.165) is 7.11 Å². The number of aliphatic hydroxyl groups is 2. The molecule has 3 unspecified atom stereocenters. The lowest BCUT2D eigenvalue weighted by Gasteiger charge is -2.27. The maximum Gasteiger partial charge on any atom is 0.407 e. The van der Waals surface area contributed by atoms with Gasteiger partial charge in [0.1, 0.15) is 35.7 Å². The lowest BCUT2D eigenvalue weighted by atomic mass is 9.96. The molecule has 1 aliphatic rings. The van der Waals surface area contributed by atoms with Gasteiger partial charge in [0.15, 0.2) is 17.4 Å². The number of ether oxygens (including phenoxy) is 5. The monoisotopic (exact) mass is 706 g/mol. The van der Waals surface area contributed by atoms with Crippen LogP contribution in [0, 0.1) is 6.92 Å². The van der Waals surface area contributed by atoms with Crippen LogP contribution in [0.25, 0.3) is 11.2 Å². The van der Waals surface area contributed by atoms with E-state index in [4.69, 9.17) is 23.5 Å². The number of carbonyl (C=O) groups is 3. The van der Waals surface area contributed by atoms with Gasteiger partial charge in [-0.1, -0.05) is 11.4 Å². The van der Waals surface area contributed by atoms with E-state index < -0.39 is 79.7 Å². The van der Waals surface area contributed by atoms with Crippen molar-refractivity contribution in [3.8, 4) is 5.88 Å². The third-order valence-corrected chi connectivity index (χ3v) is 10.8. The Kier molecular flexibility index (Phi) is 13.0. The molecule has 4 N–H and O–H groups in total. The van der Waals surface area contributed by atoms with Crippen molar-refractivity contribution >= 4 is 47.3 Å². The summed E-state index contributed by atoms with van der Waals surface area (Å²) in [4.78, 5) is 50.1. The number of fused-ring (bicyclic) bond motifs is 1. The van der Waals surface area contributed by atoms with Crippen molar-refractivity contribution in [2.45, 2.75) is 96.8 Å². The van der Waals surface area contributed by atoms with E-state index in [1.807, 2.05) is 0 Å². The summed E-state index contributed by atoms with van der Waals surface area (Å²) in [5.41, 5.74) is -1.35. The zero-order valence-electron chi connectivity index (χ0n) is 27.7. The highest BCUT2D eigenvalue weighted by Gasteiger charge is 2.54. The molecular formula is C27H43N6O12PS. The van der Waals surface area contributed by atoms with Crippen molar-refractivity contribution in [1.29, 1.82) is 0 Å². The van der Waals surface area contributed by atoms with Crippen LogP contribution in [0.15, 0.2) is 6.33 Å². The fourth-order valence-corrected chi connectivity index (χ4v) is 8.30. The Hall–Kier alpha value is -3.06. The molecule has 47 heavy (non-hydrogen) atoms. The Labute approximate surface area is 275 Å². The molecule has 3 heterocycles. The average Bonchev–Trinajstić information content (AvgIpc) is 3.49. The minimum atomic E-state index is -4.17. The van der Waals surface area contributed by atoms with Gasteiger partial charge in [-0.15, -0.1) is 0 Å². The Balaban J connectivity index is 1.86. The number of hydrogen-bond donors (Lipinski definition) is 4. The van der Waals surface area contributed by atoms with Gasteiger partial charge in [-0.05, 0) is 48.5 Å². The van der Waals surface area contributed by atoms with Gasteiger partial charge in [0.05, 0.1) is 39.4 Å². The molecule has 2 aromatic rings. The summed E-state index contributed by atoms with van der Waals surface area (Å²) in [6.45, 7) is 6.20. The van der Waals surface area contributed by atoms with Gasteiger partial charge in [-0.3, -0.25) is 13.9 Å². The number of alkyl carbamates (subject to hydrolysis) is 1. The van der Waals surface area contributed by atoms with Gasteiger partial charge >= 0.3 is 24.8 Å². The van der Waals surface area contributed by atoms with E-state index in [1.165, 1.54) is 31.9 Å². The van der Waals surface area contributed by atoms with Crippen LogP contribution in [-0.4, -0.2) is 116 Å². The predicted octanol–water partition coefficient (Wildman–Crippen LogP) is 1.62. The summed E-state index contributed by atoms with van der Waals surface area (Å²) in [6.07, 6.45) is -4.61. The maximum absolute atomic E-state index is 14.2. The van der Waals surface area contributed by atoms with Crippen LogP contribution < -0.4 is 15.1 Å². The Morgan fingerprint density at radius 3 is 2.36 bits per heavy atom. The normalized spacial score (nSPS) is 23.7. The van der Waals surface area contributed by atoms with Crippen LogP contribution in [0.2, 0.25) is 0 Å². The van der Waals surface area contributed by atoms with Crippen LogP contribution in [0.5, 0.6) is 5.88 Å². The molecule has 264 valence electrons. The topological polar surface area (TPSA) is 232 Å². The van der Waals surface area contributed by atoms with Gasteiger partial charge in [-0.2, -0.15) is 4.98 Å². The second-order valence-electron chi connectivity index (χ2n) is 11.4. The van der Waals surface area contributed by atoms with Crippen LogP contribution in [0.4, 0.5) is 4.79 Å². The van der Waals surface area contributed by atoms with Crippen LogP contribution in [0.3, 0.4) is 0 Å². The van der Waals surface area contributed by atoms with E-state index in [9.17, 15) is 29.2 Å². The molecule has 1 aliphatic heterocycles. The summed E-state index contributed by atoms with van der Waals surface area (Å²) < 4.78 is 47.8. The van der Waals surface area contributed by atoms with E-state index in [1.54, 1.807) is 34.6 Å². The molecule has 0 aromatic carbocycles. The number of aromatic nitrogens is 4. The second kappa shape index (κ2) is 15.9. The molecule has 1 fully saturated rings. The molecule has 0 bridgehead atoms. The lowest BCUT2D eigenvalue weighted by molar-refractivity contribution is -0.150. The second-order valence-corrected chi connectivity index (χ2v) is 15.7. The molecule has 0 spiro atoms. The minimum Gasteiger partial charge on any atom is -0.479 e. The molecule has 1 saturated heterocycles. The number of aliphatic hydroxyl groups excluding tert-OH is 1. The minimum absolute atomic E-state index is 0.204. The molecular weight excluding hydrogens is 663 g/mol. The first-order chi connectivity index (χ1) is 21.9. The van der Waals surface area contributed by atoms with Crippen molar-refractivity contribution in [2.75, 3.05) is 26.6 Å². The molecule has 0 radical (unpaired) electrons. The third-order valence-electron chi connectivity index (χ3n) is 6.69. The molecule has 0 saturated carbocycles. The van der Waals surface area contributed by atoms with Crippen molar-refractivity contribution in [3.63, 3.8) is 0 Å². The summed E-state index contributed by atoms with van der Waals surface area (Å²) in [5.74, 6) is -1.33. The van der Waals surface area contributed by atoms with Crippen molar-refractivity contribution in [3.05, 3.63) is 12.2 Å². The van der Waals surface area contributed by atoms with Crippen LogP contribution >= 0.6 is 18.1 Å². The van der Waals surface area contributed by atoms with Gasteiger partial charge in [0.25, 0.3) is 0 Å². The zero-order chi connectivity index (χ0) is 35.3. The number of carbonyl (C=O) groups excluding carboxylic acids is 3. The highest BCUT2D eigenvalue weighted by Crippen LogP contribution is 2.57. The van der Waals surface area contributed by atoms with E-state index >= 15 is 0 Å². The maximum atomic E-state index is 14.2. The molecule has 2 aromatic heterocycles. The first kappa shape index (κ1) is 38.4. The smallest absolute Gasteiger partial charge is 0.407 e. The fourth-order valence-electron chi connectivity index (χ4n) is 4.45. The zero-order valence-corrected chi connectivity index (χ0v) is 29.4. The molecule has 18 nitrogen and oxygen atoms in total. The SMILES string of the molecule is COC(=O)NC(CSP(=O)(NC(C)C(=O)OC(C)C)OC[C@H]1O[C@@H](n2cnc3c(OC)nc(C)nc32)[C@](C)(O)[C@@H]1O)C(=O)OC(C)C.